The van der Waals surface area contributed by atoms with Gasteiger partial charge in [0.05, 0.1) is 12.7 Å². The summed E-state index contributed by atoms with van der Waals surface area (Å²) in [6.07, 6.45) is -0.175. The van der Waals surface area contributed by atoms with Crippen molar-refractivity contribution >= 4 is 22.9 Å². The second-order valence-corrected chi connectivity index (χ2v) is 4.42. The number of benzene rings is 1. The number of fused-ring (bicyclic) bond motifs is 1. The van der Waals surface area contributed by atoms with E-state index in [4.69, 9.17) is 5.11 Å². The summed E-state index contributed by atoms with van der Waals surface area (Å²) in [4.78, 5) is 13.6. The molecule has 2 rings (SSSR count). The summed E-state index contributed by atoms with van der Waals surface area (Å²) in [6.45, 7) is 0. The molecule has 0 fully saturated rings. The van der Waals surface area contributed by atoms with Crippen molar-refractivity contribution in [1.82, 2.24) is 4.98 Å². The highest BCUT2D eigenvalue weighted by atomic mass is 19.4. The zero-order valence-electron chi connectivity index (χ0n) is 11.4. The molecule has 1 aromatic carbocycles. The van der Waals surface area contributed by atoms with E-state index in [2.05, 4.69) is 9.72 Å². The summed E-state index contributed by atoms with van der Waals surface area (Å²) in [5, 5.41) is 9.17. The average Bonchev–Trinajstić information content (AvgIpc) is 2.83. The Bertz CT molecular complexity index is 757. The Morgan fingerprint density at radius 1 is 1.32 bits per heavy atom. The standard InChI is InChI=1S/C15H12F3NO3/c1-22-13(14(20)21)4-2-3-11-8-9-7-10(15(16,17)18)5-6-12(9)19-11/h2-8,19H,1H3,(H,20,21). The lowest BCUT2D eigenvalue weighted by Gasteiger charge is -2.05. The molecule has 7 heteroatoms. The largest absolute Gasteiger partial charge is 0.490 e. The van der Waals surface area contributed by atoms with E-state index in [0.717, 1.165) is 12.1 Å². The minimum Gasteiger partial charge on any atom is -0.490 e. The number of H-pyrrole nitrogens is 1. The average molecular weight is 311 g/mol. The van der Waals surface area contributed by atoms with Crippen LogP contribution in [0.25, 0.3) is 17.0 Å². The maximum atomic E-state index is 12.6. The molecule has 0 bridgehead atoms. The third kappa shape index (κ3) is 3.49. The van der Waals surface area contributed by atoms with Gasteiger partial charge in [-0.3, -0.25) is 0 Å². The van der Waals surface area contributed by atoms with Crippen LogP contribution in [0, 0.1) is 0 Å². The van der Waals surface area contributed by atoms with E-state index in [-0.39, 0.29) is 5.76 Å². The Kier molecular flexibility index (Phi) is 4.25. The van der Waals surface area contributed by atoms with Gasteiger partial charge in [-0.15, -0.1) is 0 Å². The predicted molar refractivity (Wildman–Crippen MR) is 75.1 cm³/mol. The topological polar surface area (TPSA) is 62.3 Å². The number of hydrogen-bond acceptors (Lipinski definition) is 2. The van der Waals surface area contributed by atoms with Crippen molar-refractivity contribution in [3.8, 4) is 0 Å². The van der Waals surface area contributed by atoms with E-state index in [1.165, 1.54) is 31.4 Å². The Hall–Kier alpha value is -2.70. The van der Waals surface area contributed by atoms with Crippen LogP contribution in [0.4, 0.5) is 13.2 Å². The molecule has 1 heterocycles. The van der Waals surface area contributed by atoms with Crippen LogP contribution in [0.1, 0.15) is 11.3 Å². The quantitative estimate of drug-likeness (QED) is 0.513. The van der Waals surface area contributed by atoms with Gasteiger partial charge in [-0.05, 0) is 36.4 Å². The SMILES string of the molecule is COC(=CC=Cc1cc2cc(C(F)(F)F)ccc2[nH]1)C(=O)O. The van der Waals surface area contributed by atoms with Gasteiger partial charge in [0.25, 0.3) is 0 Å². The molecule has 2 aromatic rings. The fraction of sp³-hybridized carbons (Fsp3) is 0.133. The fourth-order valence-corrected chi connectivity index (χ4v) is 1.89. The van der Waals surface area contributed by atoms with Gasteiger partial charge in [-0.2, -0.15) is 13.2 Å². The normalized spacial score (nSPS) is 13.0. The summed E-state index contributed by atoms with van der Waals surface area (Å²) in [5.41, 5.74) is 0.384. The summed E-state index contributed by atoms with van der Waals surface area (Å²) in [5.74, 6) is -1.45. The fourth-order valence-electron chi connectivity index (χ4n) is 1.89. The number of ether oxygens (including phenoxy) is 1. The Morgan fingerprint density at radius 3 is 2.64 bits per heavy atom. The van der Waals surface area contributed by atoms with Gasteiger partial charge in [-0.25, -0.2) is 4.79 Å². The number of halogens is 3. The molecular formula is C15H12F3NO3. The number of rotatable bonds is 4. The third-order valence-corrected chi connectivity index (χ3v) is 2.92. The van der Waals surface area contributed by atoms with Crippen LogP contribution in [0.2, 0.25) is 0 Å². The highest BCUT2D eigenvalue weighted by Gasteiger charge is 2.30. The molecule has 0 saturated carbocycles. The van der Waals surface area contributed by atoms with Crippen molar-refractivity contribution in [2.45, 2.75) is 6.18 Å². The van der Waals surface area contributed by atoms with E-state index < -0.39 is 17.7 Å². The number of methoxy groups -OCH3 is 1. The lowest BCUT2D eigenvalue weighted by Crippen LogP contribution is -2.03. The number of carboxylic acids is 1. The molecule has 0 radical (unpaired) electrons. The molecule has 1 aromatic heterocycles. The Morgan fingerprint density at radius 2 is 2.05 bits per heavy atom. The number of carbonyl (C=O) groups is 1. The molecule has 0 saturated heterocycles. The predicted octanol–water partition coefficient (Wildman–Crippen LogP) is 3.81. The number of nitrogens with one attached hydrogen (secondary N) is 1. The van der Waals surface area contributed by atoms with Gasteiger partial charge in [0.15, 0.2) is 0 Å². The minimum absolute atomic E-state index is 0.244. The van der Waals surface area contributed by atoms with Crippen molar-refractivity contribution < 1.29 is 27.8 Å². The maximum absolute atomic E-state index is 12.6. The minimum atomic E-state index is -4.39. The van der Waals surface area contributed by atoms with E-state index >= 15 is 0 Å². The van der Waals surface area contributed by atoms with Crippen LogP contribution < -0.4 is 0 Å². The molecule has 116 valence electrons. The van der Waals surface area contributed by atoms with E-state index in [0.29, 0.717) is 16.6 Å². The van der Waals surface area contributed by atoms with Gasteiger partial charge >= 0.3 is 12.1 Å². The third-order valence-electron chi connectivity index (χ3n) is 2.92. The van der Waals surface area contributed by atoms with Crippen molar-refractivity contribution in [3.63, 3.8) is 0 Å². The monoisotopic (exact) mass is 311 g/mol. The van der Waals surface area contributed by atoms with Crippen LogP contribution in [-0.4, -0.2) is 23.2 Å². The van der Waals surface area contributed by atoms with Gasteiger partial charge < -0.3 is 14.8 Å². The summed E-state index contributed by atoms with van der Waals surface area (Å²) < 4.78 is 42.5. The molecule has 0 aliphatic rings. The molecule has 2 N–H and O–H groups in total. The number of aromatic nitrogens is 1. The Labute approximate surface area is 123 Å². The van der Waals surface area contributed by atoms with E-state index in [9.17, 15) is 18.0 Å². The zero-order valence-corrected chi connectivity index (χ0v) is 11.4. The van der Waals surface area contributed by atoms with Crippen LogP contribution in [0.3, 0.4) is 0 Å². The first kappa shape index (κ1) is 15.7. The maximum Gasteiger partial charge on any atom is 0.416 e. The highest BCUT2D eigenvalue weighted by Crippen LogP contribution is 2.31. The first-order valence-electron chi connectivity index (χ1n) is 6.17. The molecule has 22 heavy (non-hydrogen) atoms. The molecule has 0 atom stereocenters. The van der Waals surface area contributed by atoms with Crippen LogP contribution >= 0.6 is 0 Å². The van der Waals surface area contributed by atoms with Gasteiger partial charge in [-0.1, -0.05) is 6.08 Å². The van der Waals surface area contributed by atoms with Gasteiger partial charge in [0, 0.05) is 16.6 Å². The first-order chi connectivity index (χ1) is 10.3. The lowest BCUT2D eigenvalue weighted by atomic mass is 10.1. The zero-order chi connectivity index (χ0) is 16.3. The number of aliphatic carboxylic acids is 1. The van der Waals surface area contributed by atoms with Crippen LogP contribution in [0.15, 0.2) is 42.2 Å². The lowest BCUT2D eigenvalue weighted by molar-refractivity contribution is -0.137. The summed E-state index contributed by atoms with van der Waals surface area (Å²) >= 11 is 0. The Balaban J connectivity index is 2.28. The summed E-state index contributed by atoms with van der Waals surface area (Å²) in [7, 11) is 1.23. The number of alkyl halides is 3. The van der Waals surface area contributed by atoms with Gasteiger partial charge in [0.1, 0.15) is 0 Å². The van der Waals surface area contributed by atoms with E-state index in [1.54, 1.807) is 6.07 Å². The molecule has 0 spiro atoms. The smallest absolute Gasteiger partial charge is 0.416 e. The van der Waals surface area contributed by atoms with Crippen molar-refractivity contribution in [1.29, 1.82) is 0 Å². The number of aromatic amines is 1. The molecular weight excluding hydrogens is 299 g/mol. The van der Waals surface area contributed by atoms with Crippen LogP contribution in [0.5, 0.6) is 0 Å². The summed E-state index contributed by atoms with van der Waals surface area (Å²) in [6, 6.07) is 4.95. The second kappa shape index (κ2) is 5.97. The van der Waals surface area contributed by atoms with Gasteiger partial charge in [0.2, 0.25) is 5.76 Å². The van der Waals surface area contributed by atoms with Crippen LogP contribution in [-0.2, 0) is 15.7 Å². The number of hydrogen-bond donors (Lipinski definition) is 2. The molecule has 0 amide bonds. The van der Waals surface area contributed by atoms with E-state index in [1.807, 2.05) is 0 Å². The second-order valence-electron chi connectivity index (χ2n) is 4.42. The van der Waals surface area contributed by atoms with Crippen molar-refractivity contribution in [2.24, 2.45) is 0 Å². The number of carboxylic acid groups (broad SMARTS) is 1. The van der Waals surface area contributed by atoms with Crippen molar-refractivity contribution in [3.05, 3.63) is 53.4 Å². The molecule has 0 aliphatic carbocycles. The first-order valence-corrected chi connectivity index (χ1v) is 6.17. The van der Waals surface area contributed by atoms with Crippen molar-refractivity contribution in [2.75, 3.05) is 7.11 Å². The molecule has 4 nitrogen and oxygen atoms in total. The molecule has 0 aliphatic heterocycles. The number of allylic oxidation sites excluding steroid dienone is 2. The highest BCUT2D eigenvalue weighted by molar-refractivity contribution is 5.85. The molecule has 0 unspecified atom stereocenters.